The Morgan fingerprint density at radius 3 is 2.71 bits per heavy atom. The minimum atomic E-state index is -0.538. The lowest BCUT2D eigenvalue weighted by molar-refractivity contribution is -0.126. The molecule has 122 valence electrons. The van der Waals surface area contributed by atoms with Gasteiger partial charge in [0.15, 0.2) is 0 Å². The van der Waals surface area contributed by atoms with Crippen LogP contribution in [0.4, 0.5) is 4.79 Å². The Morgan fingerprint density at radius 1 is 1.21 bits per heavy atom. The maximum Gasteiger partial charge on any atom is 0.319 e. The first-order valence-electron chi connectivity index (χ1n) is 7.53. The van der Waals surface area contributed by atoms with Crippen LogP contribution in [0.25, 0.3) is 0 Å². The van der Waals surface area contributed by atoms with Gasteiger partial charge < -0.3 is 25.1 Å². The van der Waals surface area contributed by atoms with E-state index in [2.05, 4.69) is 10.6 Å². The van der Waals surface area contributed by atoms with Gasteiger partial charge in [-0.15, -0.1) is 0 Å². The fourth-order valence-electron chi connectivity index (χ4n) is 3.06. The first-order valence-corrected chi connectivity index (χ1v) is 7.53. The Bertz CT molecular complexity index is 824. The molecule has 3 N–H and O–H groups in total. The van der Waals surface area contributed by atoms with Crippen molar-refractivity contribution in [1.82, 2.24) is 15.5 Å². The third-order valence-corrected chi connectivity index (χ3v) is 4.17. The molecule has 3 amide bonds. The molecule has 1 aromatic heterocycles. The van der Waals surface area contributed by atoms with Crippen molar-refractivity contribution in [2.24, 2.45) is 0 Å². The van der Waals surface area contributed by atoms with E-state index in [0.717, 1.165) is 5.56 Å². The van der Waals surface area contributed by atoms with Crippen LogP contribution in [0.2, 0.25) is 0 Å². The van der Waals surface area contributed by atoms with E-state index in [-0.39, 0.29) is 17.7 Å². The molecule has 0 saturated carbocycles. The monoisotopic (exact) mass is 325 g/mol. The van der Waals surface area contributed by atoms with Gasteiger partial charge in [-0.3, -0.25) is 4.79 Å². The van der Waals surface area contributed by atoms with E-state index in [0.29, 0.717) is 30.1 Å². The fourth-order valence-corrected chi connectivity index (χ4v) is 3.06. The number of benzene rings is 1. The molecule has 2 aromatic rings. The van der Waals surface area contributed by atoms with Crippen LogP contribution in [0.5, 0.6) is 5.75 Å². The van der Waals surface area contributed by atoms with Crippen molar-refractivity contribution in [2.45, 2.75) is 12.6 Å². The van der Waals surface area contributed by atoms with Gasteiger partial charge in [-0.1, -0.05) is 12.1 Å². The lowest BCUT2D eigenvalue weighted by Crippen LogP contribution is -2.44. The highest BCUT2D eigenvalue weighted by molar-refractivity contribution is 6.01. The molecule has 24 heavy (non-hydrogen) atoms. The van der Waals surface area contributed by atoms with Crippen molar-refractivity contribution in [2.75, 3.05) is 6.54 Å². The number of amides is 3. The fraction of sp³-hybridized carbons (Fsp3) is 0.176. The third-order valence-electron chi connectivity index (χ3n) is 4.17. The predicted molar refractivity (Wildman–Crippen MR) is 83.7 cm³/mol. The van der Waals surface area contributed by atoms with Gasteiger partial charge in [-0.2, -0.15) is 0 Å². The Kier molecular flexibility index (Phi) is 3.26. The smallest absolute Gasteiger partial charge is 0.319 e. The highest BCUT2D eigenvalue weighted by Gasteiger charge is 2.40. The lowest BCUT2D eigenvalue weighted by Gasteiger charge is -2.25. The van der Waals surface area contributed by atoms with Crippen molar-refractivity contribution in [1.29, 1.82) is 0 Å². The van der Waals surface area contributed by atoms with E-state index in [1.54, 1.807) is 35.4 Å². The van der Waals surface area contributed by atoms with E-state index in [9.17, 15) is 14.7 Å². The van der Waals surface area contributed by atoms with Crippen molar-refractivity contribution < 1.29 is 19.1 Å². The summed E-state index contributed by atoms with van der Waals surface area (Å²) in [5.41, 5.74) is 1.86. The average molecular weight is 325 g/mol. The van der Waals surface area contributed by atoms with E-state index in [4.69, 9.17) is 4.42 Å². The summed E-state index contributed by atoms with van der Waals surface area (Å²) in [7, 11) is 0. The van der Waals surface area contributed by atoms with Crippen molar-refractivity contribution in [3.63, 3.8) is 0 Å². The first kappa shape index (κ1) is 14.4. The summed E-state index contributed by atoms with van der Waals surface area (Å²) < 4.78 is 5.30. The maximum atomic E-state index is 12.8. The molecule has 0 radical (unpaired) electrons. The van der Waals surface area contributed by atoms with E-state index >= 15 is 0 Å². The predicted octanol–water partition coefficient (Wildman–Crippen LogP) is 1.64. The second kappa shape index (κ2) is 5.45. The molecule has 1 unspecified atom stereocenters. The molecule has 0 saturated heterocycles. The summed E-state index contributed by atoms with van der Waals surface area (Å²) >= 11 is 0. The highest BCUT2D eigenvalue weighted by atomic mass is 16.3. The van der Waals surface area contributed by atoms with Crippen LogP contribution in [-0.2, 0) is 11.3 Å². The number of aromatic hydroxyl groups is 1. The normalized spacial score (nSPS) is 20.0. The zero-order chi connectivity index (χ0) is 16.7. The Labute approximate surface area is 137 Å². The third kappa shape index (κ3) is 2.40. The van der Waals surface area contributed by atoms with Crippen molar-refractivity contribution >= 4 is 11.9 Å². The molecule has 1 atom stereocenters. The van der Waals surface area contributed by atoms with Crippen molar-refractivity contribution in [3.05, 3.63) is 65.3 Å². The minimum absolute atomic E-state index is 0.130. The largest absolute Gasteiger partial charge is 0.508 e. The molecule has 0 bridgehead atoms. The SMILES string of the molecule is O=C1NC2=C(C(=O)N(Cc3ccco3)C2)C(c2ccc(O)cc2)N1. The van der Waals surface area contributed by atoms with E-state index in [1.807, 2.05) is 0 Å². The van der Waals surface area contributed by atoms with Crippen molar-refractivity contribution in [3.8, 4) is 5.75 Å². The van der Waals surface area contributed by atoms with Crippen LogP contribution in [0.15, 0.2) is 58.3 Å². The van der Waals surface area contributed by atoms with Crippen LogP contribution in [0.1, 0.15) is 17.4 Å². The quantitative estimate of drug-likeness (QED) is 0.799. The maximum absolute atomic E-state index is 12.8. The molecular weight excluding hydrogens is 310 g/mol. The number of hydrogen-bond acceptors (Lipinski definition) is 4. The molecule has 7 heteroatoms. The summed E-state index contributed by atoms with van der Waals surface area (Å²) in [4.78, 5) is 26.4. The number of nitrogens with one attached hydrogen (secondary N) is 2. The molecule has 3 heterocycles. The number of carbonyl (C=O) groups is 2. The van der Waals surface area contributed by atoms with E-state index < -0.39 is 6.04 Å². The van der Waals surface area contributed by atoms with Gasteiger partial charge in [0, 0.05) is 0 Å². The second-order valence-electron chi connectivity index (χ2n) is 5.76. The first-order chi connectivity index (χ1) is 11.6. The molecule has 0 fully saturated rings. The van der Waals surface area contributed by atoms with E-state index in [1.165, 1.54) is 12.1 Å². The van der Waals surface area contributed by atoms with Gasteiger partial charge in [-0.05, 0) is 29.8 Å². The molecule has 2 aliphatic heterocycles. The lowest BCUT2D eigenvalue weighted by atomic mass is 9.96. The number of rotatable bonds is 3. The second-order valence-corrected chi connectivity index (χ2v) is 5.76. The topological polar surface area (TPSA) is 94.8 Å². The molecule has 2 aliphatic rings. The van der Waals surface area contributed by atoms with Crippen LogP contribution in [0.3, 0.4) is 0 Å². The molecule has 7 nitrogen and oxygen atoms in total. The molecule has 4 rings (SSSR count). The number of urea groups is 1. The van der Waals surface area contributed by atoms with Gasteiger partial charge in [-0.25, -0.2) is 4.79 Å². The number of carbonyl (C=O) groups excluding carboxylic acids is 2. The summed E-state index contributed by atoms with van der Waals surface area (Å²) in [5.74, 6) is 0.668. The number of phenols is 1. The number of nitrogens with zero attached hydrogens (tertiary/aromatic N) is 1. The number of hydrogen-bond donors (Lipinski definition) is 3. The molecule has 0 aliphatic carbocycles. The molecule has 0 spiro atoms. The summed E-state index contributed by atoms with van der Waals surface area (Å²) in [6.45, 7) is 0.674. The molecular formula is C17H15N3O4. The van der Waals surface area contributed by atoms with Crippen LogP contribution < -0.4 is 10.6 Å². The van der Waals surface area contributed by atoms with Crippen LogP contribution in [0, 0.1) is 0 Å². The number of phenolic OH excluding ortho intramolecular Hbond substituents is 1. The highest BCUT2D eigenvalue weighted by Crippen LogP contribution is 2.33. The zero-order valence-electron chi connectivity index (χ0n) is 12.7. The Hall–Kier alpha value is -3.22. The minimum Gasteiger partial charge on any atom is -0.508 e. The molecule has 1 aromatic carbocycles. The van der Waals surface area contributed by atoms with Gasteiger partial charge in [0.25, 0.3) is 5.91 Å². The van der Waals surface area contributed by atoms with Gasteiger partial charge in [0.05, 0.1) is 36.7 Å². The van der Waals surface area contributed by atoms with Crippen LogP contribution in [-0.4, -0.2) is 28.5 Å². The summed E-state index contributed by atoms with van der Waals surface area (Å²) in [6.07, 6.45) is 1.56. The zero-order valence-corrected chi connectivity index (χ0v) is 12.7. The van der Waals surface area contributed by atoms with Crippen LogP contribution >= 0.6 is 0 Å². The Morgan fingerprint density at radius 2 is 2.00 bits per heavy atom. The number of furan rings is 1. The Balaban J connectivity index is 1.64. The average Bonchev–Trinajstić information content (AvgIpc) is 3.17. The van der Waals surface area contributed by atoms with Gasteiger partial charge in [0.2, 0.25) is 0 Å². The summed E-state index contributed by atoms with van der Waals surface area (Å²) in [6, 6.07) is 9.14. The standard InChI is InChI=1S/C17H15N3O4/c21-11-5-3-10(4-6-11)15-14-13(18-17(23)19-15)9-20(16(14)22)8-12-2-1-7-24-12/h1-7,15,21H,8-9H2,(H2,18,19,23). The van der Waals surface area contributed by atoms with Gasteiger partial charge >= 0.3 is 6.03 Å². The van der Waals surface area contributed by atoms with Gasteiger partial charge in [0.1, 0.15) is 11.5 Å². The summed E-state index contributed by atoms with van der Waals surface area (Å²) in [5, 5.41) is 14.9.